The number of aromatic nitrogens is 6. The summed E-state index contributed by atoms with van der Waals surface area (Å²) in [5, 5.41) is 12.3. The first-order chi connectivity index (χ1) is 11.5. The summed E-state index contributed by atoms with van der Waals surface area (Å²) in [6.07, 6.45) is 1.96. The largest absolute Gasteiger partial charge is 0.362 e. The molecule has 0 bridgehead atoms. The van der Waals surface area contributed by atoms with Crippen LogP contribution in [0, 0.1) is 6.92 Å². The van der Waals surface area contributed by atoms with E-state index >= 15 is 0 Å². The quantitative estimate of drug-likeness (QED) is 0.615. The van der Waals surface area contributed by atoms with Crippen LogP contribution >= 0.6 is 11.3 Å². The lowest BCUT2D eigenvalue weighted by atomic mass is 10.1. The third-order valence-corrected chi connectivity index (χ3v) is 4.66. The van der Waals surface area contributed by atoms with Crippen LogP contribution in [0.3, 0.4) is 0 Å². The smallest absolute Gasteiger partial charge is 0.212 e. The Bertz CT molecular complexity index is 982. The Balaban J connectivity index is 1.73. The Labute approximate surface area is 143 Å². The Morgan fingerprint density at radius 3 is 2.71 bits per heavy atom. The van der Waals surface area contributed by atoms with Crippen LogP contribution < -0.4 is 5.32 Å². The topological polar surface area (TPSA) is 72.4 Å². The number of imidazole rings is 1. The SMILES string of the molecule is Cc1cc2nc(C(C)C)cc(N[C@H](C)c3cn4ncsc4n3)n2n1. The minimum absolute atomic E-state index is 0.0361. The van der Waals surface area contributed by atoms with Gasteiger partial charge in [0.1, 0.15) is 11.3 Å². The van der Waals surface area contributed by atoms with Gasteiger partial charge in [-0.25, -0.2) is 14.5 Å². The second-order valence-corrected chi connectivity index (χ2v) is 7.09. The van der Waals surface area contributed by atoms with E-state index < -0.39 is 0 Å². The van der Waals surface area contributed by atoms with Crippen LogP contribution in [-0.2, 0) is 0 Å². The summed E-state index contributed by atoms with van der Waals surface area (Å²) in [5.74, 6) is 1.27. The Kier molecular flexibility index (Phi) is 3.49. The predicted octanol–water partition coefficient (Wildman–Crippen LogP) is 3.44. The van der Waals surface area contributed by atoms with Crippen molar-refractivity contribution < 1.29 is 0 Å². The maximum atomic E-state index is 4.70. The predicted molar refractivity (Wildman–Crippen MR) is 94.7 cm³/mol. The van der Waals surface area contributed by atoms with Gasteiger partial charge in [-0.2, -0.15) is 14.7 Å². The van der Waals surface area contributed by atoms with Gasteiger partial charge in [0.25, 0.3) is 0 Å². The number of hydrogen-bond donors (Lipinski definition) is 1. The van der Waals surface area contributed by atoms with Gasteiger partial charge in [0.2, 0.25) is 4.96 Å². The highest BCUT2D eigenvalue weighted by molar-refractivity contribution is 7.14. The molecule has 0 saturated carbocycles. The molecule has 0 unspecified atom stereocenters. The molecule has 4 aromatic heterocycles. The molecular formula is C16H19N7S. The second-order valence-electron chi connectivity index (χ2n) is 6.27. The molecule has 1 atom stereocenters. The highest BCUT2D eigenvalue weighted by Gasteiger charge is 2.15. The third kappa shape index (κ3) is 2.52. The van der Waals surface area contributed by atoms with Crippen molar-refractivity contribution in [2.45, 2.75) is 39.7 Å². The van der Waals surface area contributed by atoms with Crippen molar-refractivity contribution in [2.24, 2.45) is 0 Å². The number of aryl methyl sites for hydroxylation is 1. The lowest BCUT2D eigenvalue weighted by molar-refractivity contribution is 0.785. The fourth-order valence-electron chi connectivity index (χ4n) is 2.67. The van der Waals surface area contributed by atoms with E-state index in [1.54, 1.807) is 10.0 Å². The number of rotatable bonds is 4. The van der Waals surface area contributed by atoms with Crippen LogP contribution in [0.25, 0.3) is 10.6 Å². The van der Waals surface area contributed by atoms with Gasteiger partial charge in [0.15, 0.2) is 5.65 Å². The van der Waals surface area contributed by atoms with Gasteiger partial charge < -0.3 is 5.32 Å². The minimum Gasteiger partial charge on any atom is -0.362 e. The van der Waals surface area contributed by atoms with E-state index in [1.165, 1.54) is 11.3 Å². The molecule has 4 aromatic rings. The van der Waals surface area contributed by atoms with Crippen molar-refractivity contribution in [3.8, 4) is 0 Å². The molecule has 0 aliphatic rings. The van der Waals surface area contributed by atoms with E-state index in [0.29, 0.717) is 5.92 Å². The lowest BCUT2D eigenvalue weighted by Crippen LogP contribution is -2.12. The van der Waals surface area contributed by atoms with Gasteiger partial charge in [0, 0.05) is 17.8 Å². The van der Waals surface area contributed by atoms with Crippen LogP contribution in [0.15, 0.2) is 23.8 Å². The summed E-state index contributed by atoms with van der Waals surface area (Å²) in [6, 6.07) is 4.10. The molecule has 4 heterocycles. The van der Waals surface area contributed by atoms with Crippen LogP contribution in [0.1, 0.15) is 49.8 Å². The first-order valence-corrected chi connectivity index (χ1v) is 8.82. The Morgan fingerprint density at radius 1 is 1.12 bits per heavy atom. The molecule has 0 aliphatic carbocycles. The summed E-state index contributed by atoms with van der Waals surface area (Å²) in [7, 11) is 0. The van der Waals surface area contributed by atoms with E-state index in [-0.39, 0.29) is 6.04 Å². The monoisotopic (exact) mass is 341 g/mol. The molecule has 0 radical (unpaired) electrons. The van der Waals surface area contributed by atoms with E-state index in [4.69, 9.17) is 4.98 Å². The molecule has 124 valence electrons. The maximum absolute atomic E-state index is 4.70. The lowest BCUT2D eigenvalue weighted by Gasteiger charge is -2.16. The number of fused-ring (bicyclic) bond motifs is 2. The van der Waals surface area contributed by atoms with Crippen LogP contribution in [-0.4, -0.2) is 29.2 Å². The van der Waals surface area contributed by atoms with E-state index in [0.717, 1.165) is 33.5 Å². The van der Waals surface area contributed by atoms with Crippen molar-refractivity contribution in [3.05, 3.63) is 40.9 Å². The van der Waals surface area contributed by atoms with Gasteiger partial charge in [-0.1, -0.05) is 25.2 Å². The van der Waals surface area contributed by atoms with E-state index in [2.05, 4.69) is 47.3 Å². The highest BCUT2D eigenvalue weighted by atomic mass is 32.1. The molecule has 7 nitrogen and oxygen atoms in total. The number of anilines is 1. The maximum Gasteiger partial charge on any atom is 0.212 e. The van der Waals surface area contributed by atoms with Crippen molar-refractivity contribution in [1.82, 2.24) is 29.2 Å². The van der Waals surface area contributed by atoms with Gasteiger partial charge in [-0.15, -0.1) is 0 Å². The molecule has 1 N–H and O–H groups in total. The van der Waals surface area contributed by atoms with Crippen LogP contribution in [0.5, 0.6) is 0 Å². The zero-order valence-corrected chi connectivity index (χ0v) is 14.9. The van der Waals surface area contributed by atoms with Crippen molar-refractivity contribution in [2.75, 3.05) is 5.32 Å². The zero-order chi connectivity index (χ0) is 16.8. The van der Waals surface area contributed by atoms with E-state index in [9.17, 15) is 0 Å². The van der Waals surface area contributed by atoms with Crippen molar-refractivity contribution in [3.63, 3.8) is 0 Å². The second kappa shape index (κ2) is 5.55. The average molecular weight is 341 g/mol. The fraction of sp³-hybridized carbons (Fsp3) is 0.375. The molecule has 0 aromatic carbocycles. The minimum atomic E-state index is 0.0361. The summed E-state index contributed by atoms with van der Waals surface area (Å²) < 4.78 is 3.66. The highest BCUT2D eigenvalue weighted by Crippen LogP contribution is 2.24. The zero-order valence-electron chi connectivity index (χ0n) is 14.1. The fourth-order valence-corrected chi connectivity index (χ4v) is 3.28. The van der Waals surface area contributed by atoms with Crippen molar-refractivity contribution >= 4 is 27.8 Å². The van der Waals surface area contributed by atoms with Crippen LogP contribution in [0.4, 0.5) is 5.82 Å². The first kappa shape index (κ1) is 15.1. The molecule has 0 amide bonds. The summed E-state index contributed by atoms with van der Waals surface area (Å²) in [6.45, 7) is 8.35. The summed E-state index contributed by atoms with van der Waals surface area (Å²) in [5.41, 5.74) is 5.60. The van der Waals surface area contributed by atoms with Gasteiger partial charge in [-0.05, 0) is 19.8 Å². The molecule has 0 saturated heterocycles. The molecule has 4 rings (SSSR count). The summed E-state index contributed by atoms with van der Waals surface area (Å²) >= 11 is 1.53. The van der Waals surface area contributed by atoms with Gasteiger partial charge in [-0.3, -0.25) is 0 Å². The normalized spacial score (nSPS) is 13.2. The first-order valence-electron chi connectivity index (χ1n) is 7.94. The third-order valence-electron chi connectivity index (χ3n) is 3.97. The van der Waals surface area contributed by atoms with Crippen LogP contribution in [0.2, 0.25) is 0 Å². The molecule has 24 heavy (non-hydrogen) atoms. The van der Waals surface area contributed by atoms with Gasteiger partial charge in [0.05, 0.1) is 23.6 Å². The number of nitrogens with one attached hydrogen (secondary N) is 1. The average Bonchev–Trinajstić information content (AvgIpc) is 3.19. The molecule has 0 aliphatic heterocycles. The standard InChI is InChI=1S/C16H19N7S/c1-9(2)12-6-15(23-14(19-12)5-10(3)21-23)18-11(4)13-7-22-16(20-13)24-8-17-22/h5-9,11,18H,1-4H3/t11-/m1/s1. The number of nitrogens with zero attached hydrogens (tertiary/aromatic N) is 6. The molecule has 8 heteroatoms. The Morgan fingerprint density at radius 2 is 1.96 bits per heavy atom. The van der Waals surface area contributed by atoms with Gasteiger partial charge >= 0.3 is 0 Å². The molecule has 0 fully saturated rings. The van der Waals surface area contributed by atoms with E-state index in [1.807, 2.05) is 23.7 Å². The number of hydrogen-bond acceptors (Lipinski definition) is 6. The Hall–Kier alpha value is -2.48. The van der Waals surface area contributed by atoms with Crippen molar-refractivity contribution in [1.29, 1.82) is 0 Å². The molecular weight excluding hydrogens is 322 g/mol. The molecule has 0 spiro atoms. The summed E-state index contributed by atoms with van der Waals surface area (Å²) in [4.78, 5) is 10.2.